The van der Waals surface area contributed by atoms with Crippen LogP contribution in [0.4, 0.5) is 0 Å². The zero-order valence-corrected chi connectivity index (χ0v) is 12.3. The molecule has 0 spiro atoms. The number of aliphatic hydroxyl groups is 1. The lowest BCUT2D eigenvalue weighted by atomic mass is 10.0. The molecule has 5 heteroatoms. The Labute approximate surface area is 115 Å². The molecule has 108 valence electrons. The van der Waals surface area contributed by atoms with Crippen LogP contribution in [0.5, 0.6) is 0 Å². The van der Waals surface area contributed by atoms with E-state index in [0.29, 0.717) is 6.04 Å². The van der Waals surface area contributed by atoms with Crippen LogP contribution >= 0.6 is 0 Å². The van der Waals surface area contributed by atoms with E-state index in [9.17, 15) is 5.11 Å². The number of piperidine rings is 1. The van der Waals surface area contributed by atoms with Crippen molar-refractivity contribution in [3.63, 3.8) is 0 Å². The fourth-order valence-electron chi connectivity index (χ4n) is 2.80. The van der Waals surface area contributed by atoms with Gasteiger partial charge < -0.3 is 10.0 Å². The zero-order valence-electron chi connectivity index (χ0n) is 12.3. The van der Waals surface area contributed by atoms with Crippen molar-refractivity contribution in [1.82, 2.24) is 19.6 Å². The second-order valence-corrected chi connectivity index (χ2v) is 5.61. The molecule has 19 heavy (non-hydrogen) atoms. The molecule has 1 aliphatic heterocycles. The first kappa shape index (κ1) is 14.5. The molecule has 1 aromatic rings. The number of rotatable bonds is 5. The van der Waals surface area contributed by atoms with E-state index in [-0.39, 0.29) is 6.61 Å². The van der Waals surface area contributed by atoms with E-state index in [1.165, 1.54) is 24.1 Å². The van der Waals surface area contributed by atoms with Crippen LogP contribution in [0.15, 0.2) is 6.20 Å². The van der Waals surface area contributed by atoms with Crippen LogP contribution in [0, 0.1) is 6.92 Å². The molecule has 1 saturated heterocycles. The Hall–Kier alpha value is -0.910. The van der Waals surface area contributed by atoms with Gasteiger partial charge in [-0.05, 0) is 39.9 Å². The summed E-state index contributed by atoms with van der Waals surface area (Å²) in [6.45, 7) is 6.29. The van der Waals surface area contributed by atoms with Gasteiger partial charge >= 0.3 is 0 Å². The van der Waals surface area contributed by atoms with Crippen molar-refractivity contribution >= 4 is 0 Å². The summed E-state index contributed by atoms with van der Waals surface area (Å²) >= 11 is 0. The van der Waals surface area contributed by atoms with Gasteiger partial charge in [0.2, 0.25) is 0 Å². The number of hydrogen-bond donors (Lipinski definition) is 1. The Morgan fingerprint density at radius 2 is 2.05 bits per heavy atom. The fourth-order valence-corrected chi connectivity index (χ4v) is 2.80. The van der Waals surface area contributed by atoms with Gasteiger partial charge in [-0.3, -0.25) is 9.58 Å². The molecule has 2 rings (SSSR count). The van der Waals surface area contributed by atoms with Gasteiger partial charge in [-0.15, -0.1) is 0 Å². The van der Waals surface area contributed by atoms with Crippen molar-refractivity contribution in [2.75, 3.05) is 33.3 Å². The summed E-state index contributed by atoms with van der Waals surface area (Å²) in [6.07, 6.45) is 4.33. The molecule has 0 bridgehead atoms. The van der Waals surface area contributed by atoms with Crippen LogP contribution in [0.1, 0.15) is 24.1 Å². The number of aromatic nitrogens is 2. The third kappa shape index (κ3) is 3.55. The minimum atomic E-state index is 0.228. The molecule has 2 heterocycles. The molecule has 0 aliphatic carbocycles. The number of nitrogens with zero attached hydrogens (tertiary/aromatic N) is 4. The van der Waals surface area contributed by atoms with E-state index in [1.807, 2.05) is 17.9 Å². The Morgan fingerprint density at radius 3 is 2.58 bits per heavy atom. The van der Waals surface area contributed by atoms with E-state index in [1.54, 1.807) is 0 Å². The van der Waals surface area contributed by atoms with Gasteiger partial charge in [-0.2, -0.15) is 5.10 Å². The van der Waals surface area contributed by atoms with Gasteiger partial charge in [0, 0.05) is 37.4 Å². The van der Waals surface area contributed by atoms with Crippen molar-refractivity contribution in [1.29, 1.82) is 0 Å². The Kier molecular flexibility index (Phi) is 4.96. The highest BCUT2D eigenvalue weighted by molar-refractivity contribution is 5.15. The summed E-state index contributed by atoms with van der Waals surface area (Å²) in [6, 6.07) is 0.586. The van der Waals surface area contributed by atoms with E-state index in [2.05, 4.69) is 28.9 Å². The molecule has 1 fully saturated rings. The number of aliphatic hydroxyl groups excluding tert-OH is 1. The van der Waals surface area contributed by atoms with E-state index >= 15 is 0 Å². The van der Waals surface area contributed by atoms with Crippen molar-refractivity contribution in [2.45, 2.75) is 32.4 Å². The van der Waals surface area contributed by atoms with Crippen LogP contribution < -0.4 is 0 Å². The highest BCUT2D eigenvalue weighted by Gasteiger charge is 2.23. The lowest BCUT2D eigenvalue weighted by Crippen LogP contribution is -2.44. The van der Waals surface area contributed by atoms with E-state index in [0.717, 1.165) is 26.2 Å². The van der Waals surface area contributed by atoms with Crippen LogP contribution in [0.3, 0.4) is 0 Å². The largest absolute Gasteiger partial charge is 0.395 e. The lowest BCUT2D eigenvalue weighted by molar-refractivity contribution is 0.0939. The van der Waals surface area contributed by atoms with Gasteiger partial charge in [0.05, 0.1) is 12.8 Å². The highest BCUT2D eigenvalue weighted by Crippen LogP contribution is 2.19. The normalized spacial score (nSPS) is 18.4. The van der Waals surface area contributed by atoms with Crippen LogP contribution in [-0.4, -0.2) is 64.0 Å². The third-order valence-corrected chi connectivity index (χ3v) is 4.30. The highest BCUT2D eigenvalue weighted by atomic mass is 16.3. The number of hydrogen-bond acceptors (Lipinski definition) is 4. The Balaban J connectivity index is 2.01. The summed E-state index contributed by atoms with van der Waals surface area (Å²) in [7, 11) is 4.16. The average Bonchev–Trinajstić information content (AvgIpc) is 2.71. The van der Waals surface area contributed by atoms with Crippen molar-refractivity contribution in [3.05, 3.63) is 17.5 Å². The molecule has 0 unspecified atom stereocenters. The second kappa shape index (κ2) is 6.50. The topological polar surface area (TPSA) is 44.5 Å². The molecular formula is C14H26N4O. The Bertz CT molecular complexity index is 396. The minimum Gasteiger partial charge on any atom is -0.395 e. The summed E-state index contributed by atoms with van der Waals surface area (Å²) in [5.74, 6) is 0. The molecule has 1 N–H and O–H groups in total. The zero-order chi connectivity index (χ0) is 13.8. The lowest BCUT2D eigenvalue weighted by Gasteiger charge is -2.37. The summed E-state index contributed by atoms with van der Waals surface area (Å²) in [5.41, 5.74) is 2.49. The maximum atomic E-state index is 9.30. The monoisotopic (exact) mass is 266 g/mol. The van der Waals surface area contributed by atoms with Gasteiger partial charge in [0.25, 0.3) is 0 Å². The van der Waals surface area contributed by atoms with Crippen molar-refractivity contribution < 1.29 is 5.11 Å². The maximum absolute atomic E-state index is 9.30. The molecular weight excluding hydrogens is 240 g/mol. The first-order valence-electron chi connectivity index (χ1n) is 7.12. The molecule has 0 saturated carbocycles. The first-order valence-corrected chi connectivity index (χ1v) is 7.12. The molecule has 0 amide bonds. The maximum Gasteiger partial charge on any atom is 0.0558 e. The second-order valence-electron chi connectivity index (χ2n) is 5.61. The molecule has 1 aliphatic rings. The van der Waals surface area contributed by atoms with Crippen LogP contribution in [-0.2, 0) is 13.6 Å². The van der Waals surface area contributed by atoms with E-state index < -0.39 is 0 Å². The number of aryl methyl sites for hydroxylation is 1. The van der Waals surface area contributed by atoms with Gasteiger partial charge in [-0.25, -0.2) is 0 Å². The number of likely N-dealkylation sites (tertiary alicyclic amines) is 1. The van der Waals surface area contributed by atoms with E-state index in [4.69, 9.17) is 0 Å². The molecule has 1 aromatic heterocycles. The van der Waals surface area contributed by atoms with Gasteiger partial charge in [-0.1, -0.05) is 0 Å². The smallest absolute Gasteiger partial charge is 0.0558 e. The predicted octanol–water partition coefficient (Wildman–Crippen LogP) is 0.617. The van der Waals surface area contributed by atoms with Gasteiger partial charge in [0.15, 0.2) is 0 Å². The minimum absolute atomic E-state index is 0.228. The standard InChI is InChI=1S/C14H26N4O/c1-12-13(10-15-17(12)3)11-18(8-9-19)14-4-6-16(2)7-5-14/h10,14,19H,4-9,11H2,1-3H3. The molecule has 0 radical (unpaired) electrons. The van der Waals surface area contributed by atoms with Crippen molar-refractivity contribution in [2.24, 2.45) is 7.05 Å². The van der Waals surface area contributed by atoms with Gasteiger partial charge in [0.1, 0.15) is 0 Å². The predicted molar refractivity (Wildman–Crippen MR) is 76.0 cm³/mol. The van der Waals surface area contributed by atoms with Crippen molar-refractivity contribution in [3.8, 4) is 0 Å². The van der Waals surface area contributed by atoms with Crippen LogP contribution in [0.25, 0.3) is 0 Å². The summed E-state index contributed by atoms with van der Waals surface area (Å²) in [5, 5.41) is 13.6. The summed E-state index contributed by atoms with van der Waals surface area (Å²) in [4.78, 5) is 4.79. The average molecular weight is 266 g/mol. The SMILES string of the molecule is Cc1c(CN(CCO)C2CCN(C)CC2)cnn1C. The quantitative estimate of drug-likeness (QED) is 0.848. The Morgan fingerprint density at radius 1 is 1.37 bits per heavy atom. The third-order valence-electron chi connectivity index (χ3n) is 4.30. The summed E-state index contributed by atoms with van der Waals surface area (Å²) < 4.78 is 1.92. The molecule has 0 aromatic carbocycles. The fraction of sp³-hybridized carbons (Fsp3) is 0.786. The van der Waals surface area contributed by atoms with Crippen LogP contribution in [0.2, 0.25) is 0 Å². The first-order chi connectivity index (χ1) is 9.11. The molecule has 0 atom stereocenters. The molecule has 5 nitrogen and oxygen atoms in total.